The third kappa shape index (κ3) is 2.77. The third-order valence-corrected chi connectivity index (χ3v) is 4.78. The molecule has 1 heteroatoms. The van der Waals surface area contributed by atoms with Crippen LogP contribution in [0.2, 0.25) is 0 Å². The number of fused-ring (bicyclic) bond motifs is 1. The summed E-state index contributed by atoms with van der Waals surface area (Å²) >= 11 is 3.85. The molecule has 0 N–H and O–H groups in total. The van der Waals surface area contributed by atoms with Gasteiger partial charge >= 0.3 is 0 Å². The van der Waals surface area contributed by atoms with Gasteiger partial charge in [0.1, 0.15) is 0 Å². The largest absolute Gasteiger partial charge is 0.0887 e. The van der Waals surface area contributed by atoms with Crippen LogP contribution in [0, 0.1) is 5.92 Å². The molecule has 1 saturated carbocycles. The quantitative estimate of drug-likeness (QED) is 0.669. The zero-order chi connectivity index (χ0) is 12.4. The summed E-state index contributed by atoms with van der Waals surface area (Å²) in [5.41, 5.74) is 1.45. The van der Waals surface area contributed by atoms with Crippen LogP contribution in [-0.4, -0.2) is 4.83 Å². The molecule has 0 bridgehead atoms. The van der Waals surface area contributed by atoms with E-state index in [9.17, 15) is 0 Å². The van der Waals surface area contributed by atoms with Gasteiger partial charge in [0, 0.05) is 4.83 Å². The molecule has 0 aromatic heterocycles. The molecule has 0 saturated heterocycles. The Morgan fingerprint density at radius 3 is 2.56 bits per heavy atom. The molecule has 94 valence electrons. The van der Waals surface area contributed by atoms with E-state index in [4.69, 9.17) is 0 Å². The van der Waals surface area contributed by atoms with Gasteiger partial charge in [0.05, 0.1) is 0 Å². The molecule has 18 heavy (non-hydrogen) atoms. The van der Waals surface area contributed by atoms with Crippen molar-refractivity contribution >= 4 is 26.7 Å². The lowest BCUT2D eigenvalue weighted by atomic mass is 9.81. The van der Waals surface area contributed by atoms with E-state index in [0.717, 1.165) is 12.3 Å². The average molecular weight is 303 g/mol. The fraction of sp³-hybridized carbons (Fsp3) is 0.412. The molecule has 1 aliphatic carbocycles. The molecule has 2 aromatic carbocycles. The van der Waals surface area contributed by atoms with Gasteiger partial charge in [-0.15, -0.1) is 0 Å². The molecule has 0 heterocycles. The van der Waals surface area contributed by atoms with Crippen molar-refractivity contribution in [2.75, 3.05) is 0 Å². The first kappa shape index (κ1) is 12.2. The molecule has 0 radical (unpaired) electrons. The second-order valence-corrected chi connectivity index (χ2v) is 6.81. The molecule has 1 atom stereocenters. The Bertz CT molecular complexity index is 528. The third-order valence-electron chi connectivity index (χ3n) is 4.08. The fourth-order valence-electron chi connectivity index (χ4n) is 2.80. The van der Waals surface area contributed by atoms with Crippen molar-refractivity contribution in [2.24, 2.45) is 5.92 Å². The maximum Gasteiger partial charge on any atom is 0.0188 e. The van der Waals surface area contributed by atoms with Crippen LogP contribution in [-0.2, 0) is 6.42 Å². The van der Waals surface area contributed by atoms with Crippen molar-refractivity contribution in [3.8, 4) is 0 Å². The van der Waals surface area contributed by atoms with Crippen LogP contribution in [0.4, 0.5) is 0 Å². The van der Waals surface area contributed by atoms with E-state index in [2.05, 4.69) is 58.4 Å². The van der Waals surface area contributed by atoms with Crippen LogP contribution in [0.15, 0.2) is 42.5 Å². The lowest BCUT2D eigenvalue weighted by Crippen LogP contribution is -2.17. The van der Waals surface area contributed by atoms with E-state index in [-0.39, 0.29) is 0 Å². The average Bonchev–Trinajstić information content (AvgIpc) is 2.34. The first-order valence-electron chi connectivity index (χ1n) is 6.93. The van der Waals surface area contributed by atoms with E-state index in [1.165, 1.54) is 42.0 Å². The molecule has 1 unspecified atom stereocenters. The monoisotopic (exact) mass is 302 g/mol. The van der Waals surface area contributed by atoms with Crippen LogP contribution in [0.5, 0.6) is 0 Å². The number of hydrogen-bond donors (Lipinski definition) is 0. The van der Waals surface area contributed by atoms with E-state index in [1.807, 2.05) is 0 Å². The highest BCUT2D eigenvalue weighted by molar-refractivity contribution is 9.09. The molecule has 3 rings (SSSR count). The van der Waals surface area contributed by atoms with Gasteiger partial charge in [-0.3, -0.25) is 0 Å². The van der Waals surface area contributed by atoms with E-state index < -0.39 is 0 Å². The summed E-state index contributed by atoms with van der Waals surface area (Å²) in [4.78, 5) is 0.643. The minimum absolute atomic E-state index is 0.643. The van der Waals surface area contributed by atoms with Crippen molar-refractivity contribution in [3.05, 3.63) is 48.0 Å². The molecule has 1 fully saturated rings. The molecule has 0 nitrogen and oxygen atoms in total. The molecule has 0 spiro atoms. The summed E-state index contributed by atoms with van der Waals surface area (Å²) in [7, 11) is 0. The Hall–Kier alpha value is -0.820. The second-order valence-electron chi connectivity index (χ2n) is 5.52. The highest BCUT2D eigenvalue weighted by Crippen LogP contribution is 2.33. The summed E-state index contributed by atoms with van der Waals surface area (Å²) < 4.78 is 0. The lowest BCUT2D eigenvalue weighted by Gasteiger charge is -2.27. The molecule has 0 aliphatic heterocycles. The van der Waals surface area contributed by atoms with Gasteiger partial charge in [-0.1, -0.05) is 77.7 Å². The van der Waals surface area contributed by atoms with Crippen LogP contribution < -0.4 is 0 Å². The van der Waals surface area contributed by atoms with Gasteiger partial charge in [-0.2, -0.15) is 0 Å². The number of halogens is 1. The zero-order valence-corrected chi connectivity index (χ0v) is 12.2. The Labute approximate surface area is 118 Å². The number of hydrogen-bond acceptors (Lipinski definition) is 0. The van der Waals surface area contributed by atoms with Crippen molar-refractivity contribution in [1.29, 1.82) is 0 Å². The van der Waals surface area contributed by atoms with Crippen LogP contribution >= 0.6 is 15.9 Å². The van der Waals surface area contributed by atoms with Crippen molar-refractivity contribution in [1.82, 2.24) is 0 Å². The summed E-state index contributed by atoms with van der Waals surface area (Å²) in [6.07, 6.45) is 6.83. The normalized spacial score (nSPS) is 17.6. The van der Waals surface area contributed by atoms with Crippen molar-refractivity contribution in [2.45, 2.75) is 36.9 Å². The summed E-state index contributed by atoms with van der Waals surface area (Å²) in [5.74, 6) is 0.981. The molecule has 1 aliphatic rings. The maximum atomic E-state index is 3.85. The van der Waals surface area contributed by atoms with Gasteiger partial charge in [0.25, 0.3) is 0 Å². The van der Waals surface area contributed by atoms with Crippen LogP contribution in [0.3, 0.4) is 0 Å². The number of alkyl halides is 1. The Balaban J connectivity index is 1.69. The van der Waals surface area contributed by atoms with Crippen molar-refractivity contribution in [3.63, 3.8) is 0 Å². The standard InChI is InChI=1S/C17H19Br/c18-17(11-13-4-3-5-13)12-14-8-9-15-6-1-2-7-16(15)10-14/h1-2,6-10,13,17H,3-5,11-12H2. The first-order chi connectivity index (χ1) is 8.81. The molecular weight excluding hydrogens is 284 g/mol. The lowest BCUT2D eigenvalue weighted by molar-refractivity contribution is 0.294. The van der Waals surface area contributed by atoms with Gasteiger partial charge in [-0.25, -0.2) is 0 Å². The highest BCUT2D eigenvalue weighted by Gasteiger charge is 2.20. The fourth-order valence-corrected chi connectivity index (χ4v) is 3.70. The Morgan fingerprint density at radius 2 is 1.83 bits per heavy atom. The SMILES string of the molecule is BrC(Cc1ccc2ccccc2c1)CC1CCC1. The first-order valence-corrected chi connectivity index (χ1v) is 7.84. The van der Waals surface area contributed by atoms with Gasteiger partial charge in [0.2, 0.25) is 0 Å². The topological polar surface area (TPSA) is 0 Å². The number of benzene rings is 2. The molecular formula is C17H19Br. The van der Waals surface area contributed by atoms with E-state index >= 15 is 0 Å². The van der Waals surface area contributed by atoms with Gasteiger partial charge < -0.3 is 0 Å². The van der Waals surface area contributed by atoms with Crippen LogP contribution in [0.1, 0.15) is 31.2 Å². The number of rotatable bonds is 4. The van der Waals surface area contributed by atoms with Gasteiger partial charge in [0.15, 0.2) is 0 Å². The van der Waals surface area contributed by atoms with E-state index in [0.29, 0.717) is 4.83 Å². The predicted octanol–water partition coefficient (Wildman–Crippen LogP) is 5.34. The van der Waals surface area contributed by atoms with Crippen LogP contribution in [0.25, 0.3) is 10.8 Å². The molecule has 2 aromatic rings. The summed E-state index contributed by atoms with van der Waals surface area (Å²) in [6.45, 7) is 0. The summed E-state index contributed by atoms with van der Waals surface area (Å²) in [6, 6.07) is 15.5. The summed E-state index contributed by atoms with van der Waals surface area (Å²) in [5, 5.41) is 2.70. The highest BCUT2D eigenvalue weighted by atomic mass is 79.9. The zero-order valence-electron chi connectivity index (χ0n) is 10.6. The molecule has 0 amide bonds. The maximum absolute atomic E-state index is 3.85. The second kappa shape index (κ2) is 5.44. The Kier molecular flexibility index (Phi) is 3.69. The Morgan fingerprint density at radius 1 is 1.06 bits per heavy atom. The predicted molar refractivity (Wildman–Crippen MR) is 82.3 cm³/mol. The smallest absolute Gasteiger partial charge is 0.0188 e. The van der Waals surface area contributed by atoms with E-state index in [1.54, 1.807) is 0 Å². The minimum atomic E-state index is 0.643. The van der Waals surface area contributed by atoms with Gasteiger partial charge in [-0.05, 0) is 35.1 Å². The van der Waals surface area contributed by atoms with Crippen molar-refractivity contribution < 1.29 is 0 Å². The minimum Gasteiger partial charge on any atom is -0.0887 e.